The van der Waals surface area contributed by atoms with E-state index in [1.807, 2.05) is 22.6 Å². The number of esters is 1. The SMILES string of the molecule is O=C(CI)Oc1ccccn1. The molecule has 0 fully saturated rings. The van der Waals surface area contributed by atoms with Crippen molar-refractivity contribution in [1.29, 1.82) is 0 Å². The molecule has 0 saturated heterocycles. The molecule has 1 aromatic heterocycles. The van der Waals surface area contributed by atoms with Crippen LogP contribution in [0.2, 0.25) is 0 Å². The van der Waals surface area contributed by atoms with Crippen molar-refractivity contribution in [3.05, 3.63) is 24.4 Å². The lowest BCUT2D eigenvalue weighted by molar-refractivity contribution is -0.131. The second-order valence-electron chi connectivity index (χ2n) is 1.78. The Hall–Kier alpha value is -0.650. The number of alkyl halides is 1. The Kier molecular flexibility index (Phi) is 3.28. The number of ether oxygens (including phenoxy) is 1. The van der Waals surface area contributed by atoms with Gasteiger partial charge >= 0.3 is 5.97 Å². The van der Waals surface area contributed by atoms with Gasteiger partial charge in [0.25, 0.3) is 0 Å². The van der Waals surface area contributed by atoms with Crippen LogP contribution >= 0.6 is 22.6 Å². The molecular weight excluding hydrogens is 257 g/mol. The second kappa shape index (κ2) is 4.27. The fraction of sp³-hybridized carbons (Fsp3) is 0.143. The van der Waals surface area contributed by atoms with Crippen LogP contribution in [-0.4, -0.2) is 15.4 Å². The van der Waals surface area contributed by atoms with Crippen LogP contribution in [0, 0.1) is 0 Å². The second-order valence-corrected chi connectivity index (χ2v) is 2.54. The molecule has 0 aliphatic heterocycles. The zero-order valence-electron chi connectivity index (χ0n) is 5.66. The third kappa shape index (κ3) is 2.83. The monoisotopic (exact) mass is 263 g/mol. The molecule has 0 amide bonds. The van der Waals surface area contributed by atoms with Crippen molar-refractivity contribution in [3.63, 3.8) is 0 Å². The maximum atomic E-state index is 10.7. The van der Waals surface area contributed by atoms with Crippen molar-refractivity contribution < 1.29 is 9.53 Å². The summed E-state index contributed by atoms with van der Waals surface area (Å²) in [6.45, 7) is 0. The molecule has 0 aliphatic carbocycles. The normalized spacial score (nSPS) is 9.18. The predicted molar refractivity (Wildman–Crippen MR) is 48.8 cm³/mol. The summed E-state index contributed by atoms with van der Waals surface area (Å²) in [5, 5.41) is 0. The van der Waals surface area contributed by atoms with Gasteiger partial charge in [0.1, 0.15) is 0 Å². The topological polar surface area (TPSA) is 39.2 Å². The lowest BCUT2D eigenvalue weighted by Gasteiger charge is -1.97. The van der Waals surface area contributed by atoms with Gasteiger partial charge in [-0.2, -0.15) is 0 Å². The average molecular weight is 263 g/mol. The molecule has 1 heterocycles. The maximum Gasteiger partial charge on any atom is 0.322 e. The fourth-order valence-corrected chi connectivity index (χ4v) is 0.707. The van der Waals surface area contributed by atoms with E-state index in [4.69, 9.17) is 4.74 Å². The molecule has 11 heavy (non-hydrogen) atoms. The van der Waals surface area contributed by atoms with Gasteiger partial charge in [-0.1, -0.05) is 28.7 Å². The van der Waals surface area contributed by atoms with Crippen molar-refractivity contribution in [2.24, 2.45) is 0 Å². The number of halogens is 1. The molecule has 0 unspecified atom stereocenters. The molecule has 0 radical (unpaired) electrons. The highest BCUT2D eigenvalue weighted by Crippen LogP contribution is 2.03. The minimum Gasteiger partial charge on any atom is -0.407 e. The molecule has 0 spiro atoms. The molecule has 1 aromatic rings. The van der Waals surface area contributed by atoms with E-state index in [1.165, 1.54) is 0 Å². The van der Waals surface area contributed by atoms with Gasteiger partial charge in [0, 0.05) is 12.3 Å². The third-order valence-electron chi connectivity index (χ3n) is 0.965. The predicted octanol–water partition coefficient (Wildman–Crippen LogP) is 1.42. The summed E-state index contributed by atoms with van der Waals surface area (Å²) in [5.41, 5.74) is 0. The number of carbonyl (C=O) groups is 1. The van der Waals surface area contributed by atoms with Gasteiger partial charge in [-0.15, -0.1) is 0 Å². The van der Waals surface area contributed by atoms with Crippen LogP contribution < -0.4 is 4.74 Å². The number of rotatable bonds is 2. The molecule has 0 atom stereocenters. The molecule has 4 heteroatoms. The molecule has 3 nitrogen and oxygen atoms in total. The maximum absolute atomic E-state index is 10.7. The van der Waals surface area contributed by atoms with E-state index in [2.05, 4.69) is 4.98 Å². The van der Waals surface area contributed by atoms with Crippen LogP contribution in [0.1, 0.15) is 0 Å². The molecule has 0 aromatic carbocycles. The summed E-state index contributed by atoms with van der Waals surface area (Å²) in [4.78, 5) is 14.5. The Morgan fingerprint density at radius 1 is 1.64 bits per heavy atom. The van der Waals surface area contributed by atoms with Crippen molar-refractivity contribution in [2.75, 3.05) is 4.43 Å². The van der Waals surface area contributed by atoms with E-state index in [0.29, 0.717) is 10.3 Å². The number of hydrogen-bond donors (Lipinski definition) is 0. The lowest BCUT2D eigenvalue weighted by atomic mass is 10.5. The van der Waals surface area contributed by atoms with Gasteiger partial charge in [0.15, 0.2) is 0 Å². The number of carbonyl (C=O) groups excluding carboxylic acids is 1. The Labute approximate surface area is 77.9 Å². The van der Waals surface area contributed by atoms with Crippen molar-refractivity contribution in [1.82, 2.24) is 4.98 Å². The summed E-state index contributed by atoms with van der Waals surface area (Å²) in [6.07, 6.45) is 1.58. The van der Waals surface area contributed by atoms with Gasteiger partial charge in [0.05, 0.1) is 4.43 Å². The Balaban J connectivity index is 2.58. The Bertz CT molecular complexity index is 237. The zero-order valence-corrected chi connectivity index (χ0v) is 7.82. The minimum absolute atomic E-state index is 0.274. The van der Waals surface area contributed by atoms with E-state index in [9.17, 15) is 4.79 Å². The van der Waals surface area contributed by atoms with Gasteiger partial charge in [-0.05, 0) is 6.07 Å². The van der Waals surface area contributed by atoms with Crippen molar-refractivity contribution in [2.45, 2.75) is 0 Å². The molecule has 58 valence electrons. The van der Waals surface area contributed by atoms with Crippen LogP contribution in [-0.2, 0) is 4.79 Å². The molecule has 1 rings (SSSR count). The Morgan fingerprint density at radius 2 is 2.45 bits per heavy atom. The number of pyridine rings is 1. The first-order valence-electron chi connectivity index (χ1n) is 3.00. The molecule has 0 bridgehead atoms. The van der Waals surface area contributed by atoms with Gasteiger partial charge in [0.2, 0.25) is 5.88 Å². The Morgan fingerprint density at radius 3 is 3.00 bits per heavy atom. The minimum atomic E-state index is -0.274. The molecular formula is C7H6INO2. The third-order valence-corrected chi connectivity index (χ3v) is 1.59. The van der Waals surface area contributed by atoms with E-state index in [0.717, 1.165) is 0 Å². The standard InChI is InChI=1S/C7H6INO2/c8-5-7(10)11-6-3-1-2-4-9-6/h1-4H,5H2. The van der Waals surface area contributed by atoms with Crippen LogP contribution in [0.15, 0.2) is 24.4 Å². The first-order chi connectivity index (χ1) is 5.33. The molecule has 0 N–H and O–H groups in total. The number of aromatic nitrogens is 1. The quantitative estimate of drug-likeness (QED) is 0.460. The van der Waals surface area contributed by atoms with Gasteiger partial charge in [-0.3, -0.25) is 4.79 Å². The zero-order chi connectivity index (χ0) is 8.10. The summed E-state index contributed by atoms with van der Waals surface area (Å²) in [6, 6.07) is 5.17. The highest BCUT2D eigenvalue weighted by molar-refractivity contribution is 14.1. The van der Waals surface area contributed by atoms with Crippen molar-refractivity contribution >= 4 is 28.6 Å². The van der Waals surface area contributed by atoms with Crippen LogP contribution in [0.5, 0.6) is 5.88 Å². The summed E-state index contributed by atoms with van der Waals surface area (Å²) >= 11 is 1.94. The van der Waals surface area contributed by atoms with Crippen LogP contribution in [0.25, 0.3) is 0 Å². The largest absolute Gasteiger partial charge is 0.407 e. The summed E-state index contributed by atoms with van der Waals surface area (Å²) in [5.74, 6) is 0.0819. The summed E-state index contributed by atoms with van der Waals surface area (Å²) in [7, 11) is 0. The van der Waals surface area contributed by atoms with E-state index in [1.54, 1.807) is 24.4 Å². The smallest absolute Gasteiger partial charge is 0.322 e. The first kappa shape index (κ1) is 8.45. The average Bonchev–Trinajstić information content (AvgIpc) is 2.06. The summed E-state index contributed by atoms with van der Waals surface area (Å²) < 4.78 is 5.15. The molecule has 0 saturated carbocycles. The van der Waals surface area contributed by atoms with E-state index >= 15 is 0 Å². The first-order valence-corrected chi connectivity index (χ1v) is 4.53. The highest BCUT2D eigenvalue weighted by Gasteiger charge is 2.00. The van der Waals surface area contributed by atoms with Crippen LogP contribution in [0.3, 0.4) is 0 Å². The fourth-order valence-electron chi connectivity index (χ4n) is 0.551. The lowest BCUT2D eigenvalue weighted by Crippen LogP contribution is -2.09. The number of hydrogen-bond acceptors (Lipinski definition) is 3. The van der Waals surface area contributed by atoms with Crippen LogP contribution in [0.4, 0.5) is 0 Å². The number of nitrogens with zero attached hydrogens (tertiary/aromatic N) is 1. The highest BCUT2D eigenvalue weighted by atomic mass is 127. The van der Waals surface area contributed by atoms with E-state index < -0.39 is 0 Å². The van der Waals surface area contributed by atoms with Gasteiger partial charge in [-0.25, -0.2) is 4.98 Å². The van der Waals surface area contributed by atoms with Crippen molar-refractivity contribution in [3.8, 4) is 5.88 Å². The van der Waals surface area contributed by atoms with Gasteiger partial charge < -0.3 is 4.74 Å². The van der Waals surface area contributed by atoms with E-state index in [-0.39, 0.29) is 5.97 Å². The molecule has 0 aliphatic rings.